The van der Waals surface area contributed by atoms with Gasteiger partial charge < -0.3 is 0 Å². The van der Waals surface area contributed by atoms with E-state index in [-0.39, 0.29) is 5.91 Å². The van der Waals surface area contributed by atoms with Crippen LogP contribution in [0, 0.1) is 6.92 Å². The number of para-hydroxylation sites is 2. The fraction of sp³-hybridized carbons (Fsp3) is 0.0625. The van der Waals surface area contributed by atoms with Crippen LogP contribution in [0.4, 0.5) is 11.4 Å². The largest absolute Gasteiger partial charge is 0.268 e. The number of hydrogen-bond acceptors (Lipinski definition) is 5. The zero-order valence-corrected chi connectivity index (χ0v) is 22.4. The number of anilines is 2. The molecule has 1 amide bonds. The molecule has 1 saturated heterocycles. The van der Waals surface area contributed by atoms with Gasteiger partial charge in [-0.3, -0.25) is 9.69 Å². The van der Waals surface area contributed by atoms with Gasteiger partial charge in [0.25, 0.3) is 5.91 Å². The van der Waals surface area contributed by atoms with Gasteiger partial charge in [-0.25, -0.2) is 5.01 Å². The van der Waals surface area contributed by atoms with Crippen molar-refractivity contribution in [2.45, 2.75) is 11.3 Å². The van der Waals surface area contributed by atoms with Crippen LogP contribution < -0.4 is 9.91 Å². The van der Waals surface area contributed by atoms with Crippen molar-refractivity contribution in [1.82, 2.24) is 0 Å². The topological polar surface area (TPSA) is 35.9 Å². The first kappa shape index (κ1) is 24.3. The van der Waals surface area contributed by atoms with E-state index < -0.39 is 4.33 Å². The summed E-state index contributed by atoms with van der Waals surface area (Å²) in [6.07, 6.45) is 6.07. The first-order valence-corrected chi connectivity index (χ1v) is 14.0. The molecule has 1 spiro atoms. The molecule has 4 aromatic carbocycles. The van der Waals surface area contributed by atoms with E-state index in [2.05, 4.69) is 49.4 Å². The van der Waals surface area contributed by atoms with Gasteiger partial charge in [0.05, 0.1) is 10.6 Å². The lowest BCUT2D eigenvalue weighted by molar-refractivity contribution is -0.114. The minimum absolute atomic E-state index is 0.0429. The van der Waals surface area contributed by atoms with Crippen LogP contribution in [0.15, 0.2) is 131 Å². The Labute approximate surface area is 231 Å². The van der Waals surface area contributed by atoms with Crippen molar-refractivity contribution in [1.29, 1.82) is 0 Å². The molecule has 4 nitrogen and oxygen atoms in total. The molecule has 186 valence electrons. The number of amides is 1. The van der Waals surface area contributed by atoms with Crippen LogP contribution in [0.5, 0.6) is 0 Å². The van der Waals surface area contributed by atoms with Gasteiger partial charge in [-0.2, -0.15) is 5.10 Å². The molecular weight excluding hydrogens is 507 g/mol. The average molecular weight is 532 g/mol. The van der Waals surface area contributed by atoms with E-state index in [1.807, 2.05) is 101 Å². The molecular formula is C32H25N3OS2. The Bertz CT molecular complexity index is 1530. The van der Waals surface area contributed by atoms with E-state index in [0.29, 0.717) is 4.91 Å². The maximum Gasteiger partial charge on any atom is 0.268 e. The molecule has 6 heteroatoms. The number of thioether (sulfide) groups is 2. The molecule has 1 unspecified atom stereocenters. The number of aryl methyl sites for hydroxylation is 1. The van der Waals surface area contributed by atoms with Crippen molar-refractivity contribution in [3.8, 4) is 0 Å². The van der Waals surface area contributed by atoms with Gasteiger partial charge >= 0.3 is 0 Å². The van der Waals surface area contributed by atoms with Crippen LogP contribution in [0.2, 0.25) is 0 Å². The number of hydrogen-bond donors (Lipinski definition) is 0. The van der Waals surface area contributed by atoms with E-state index in [9.17, 15) is 4.79 Å². The normalized spacial score (nSPS) is 20.2. The third kappa shape index (κ3) is 4.69. The number of benzene rings is 4. The molecule has 2 aliphatic heterocycles. The first-order valence-electron chi connectivity index (χ1n) is 12.4. The first-order chi connectivity index (χ1) is 18.6. The molecule has 38 heavy (non-hydrogen) atoms. The van der Waals surface area contributed by atoms with Gasteiger partial charge in [-0.1, -0.05) is 114 Å². The van der Waals surface area contributed by atoms with Crippen LogP contribution in [0.3, 0.4) is 0 Å². The molecule has 1 fully saturated rings. The van der Waals surface area contributed by atoms with Gasteiger partial charge in [0, 0.05) is 5.69 Å². The molecule has 0 bridgehead atoms. The summed E-state index contributed by atoms with van der Waals surface area (Å²) in [6.45, 7) is 2.06. The van der Waals surface area contributed by atoms with Gasteiger partial charge in [0.1, 0.15) is 5.04 Å². The second kappa shape index (κ2) is 10.4. The molecule has 1 atom stereocenters. The molecule has 0 aliphatic carbocycles. The van der Waals surface area contributed by atoms with E-state index in [1.54, 1.807) is 11.8 Å². The molecule has 4 aromatic rings. The minimum atomic E-state index is -0.854. The Balaban J connectivity index is 1.47. The zero-order valence-electron chi connectivity index (χ0n) is 20.8. The number of nitrogens with zero attached hydrogens (tertiary/aromatic N) is 3. The molecule has 6 rings (SSSR count). The van der Waals surface area contributed by atoms with Crippen molar-refractivity contribution in [2.75, 3.05) is 9.91 Å². The second-order valence-electron chi connectivity index (χ2n) is 8.98. The SMILES string of the molecule is Cc1ccc(/C=C2\SC3(SC(/C=C/c4ccccc4)=NN3c3ccccc3)N(c3ccccc3)C2=O)cc1. The molecule has 0 saturated carbocycles. The number of rotatable bonds is 5. The zero-order chi connectivity index (χ0) is 26.0. The fourth-order valence-electron chi connectivity index (χ4n) is 4.39. The average Bonchev–Trinajstić information content (AvgIpc) is 3.46. The van der Waals surface area contributed by atoms with Crippen LogP contribution in [-0.2, 0) is 4.79 Å². The third-order valence-electron chi connectivity index (χ3n) is 6.25. The van der Waals surface area contributed by atoms with Crippen LogP contribution in [0.25, 0.3) is 12.2 Å². The third-order valence-corrected chi connectivity index (χ3v) is 8.93. The Hall–Kier alpha value is -4.00. The van der Waals surface area contributed by atoms with Crippen molar-refractivity contribution >= 4 is 58.0 Å². The van der Waals surface area contributed by atoms with E-state index in [4.69, 9.17) is 5.10 Å². The number of hydrazone groups is 1. The van der Waals surface area contributed by atoms with Gasteiger partial charge in [-0.05, 0) is 66.2 Å². The summed E-state index contributed by atoms with van der Waals surface area (Å²) >= 11 is 3.12. The van der Waals surface area contributed by atoms with Crippen molar-refractivity contribution in [3.63, 3.8) is 0 Å². The van der Waals surface area contributed by atoms with Gasteiger partial charge in [0.2, 0.25) is 4.33 Å². The molecule has 0 N–H and O–H groups in total. The Morgan fingerprint density at radius 3 is 1.95 bits per heavy atom. The lowest BCUT2D eigenvalue weighted by Crippen LogP contribution is -2.51. The van der Waals surface area contributed by atoms with Crippen molar-refractivity contribution in [3.05, 3.63) is 143 Å². The highest BCUT2D eigenvalue weighted by molar-refractivity contribution is 8.28. The molecule has 2 heterocycles. The summed E-state index contributed by atoms with van der Waals surface area (Å²) in [5.41, 5.74) is 5.02. The summed E-state index contributed by atoms with van der Waals surface area (Å²) in [4.78, 5) is 16.7. The van der Waals surface area contributed by atoms with Crippen LogP contribution in [-0.4, -0.2) is 15.3 Å². The van der Waals surface area contributed by atoms with Crippen molar-refractivity contribution in [2.24, 2.45) is 5.10 Å². The highest BCUT2D eigenvalue weighted by atomic mass is 32.2. The fourth-order valence-corrected chi connectivity index (χ4v) is 7.30. The Morgan fingerprint density at radius 2 is 1.29 bits per heavy atom. The molecule has 0 radical (unpaired) electrons. The van der Waals surface area contributed by atoms with Gasteiger partial charge in [-0.15, -0.1) is 0 Å². The maximum atomic E-state index is 14.1. The summed E-state index contributed by atoms with van der Waals surface area (Å²) in [6, 6.07) is 38.3. The Morgan fingerprint density at radius 1 is 0.684 bits per heavy atom. The van der Waals surface area contributed by atoms with Gasteiger partial charge in [0.15, 0.2) is 0 Å². The smallest absolute Gasteiger partial charge is 0.268 e. The Kier molecular flexibility index (Phi) is 6.66. The molecule has 0 aromatic heterocycles. The monoisotopic (exact) mass is 531 g/mol. The van der Waals surface area contributed by atoms with Crippen LogP contribution >= 0.6 is 23.5 Å². The molecule has 2 aliphatic rings. The maximum absolute atomic E-state index is 14.1. The standard InChI is InChI=1S/C32H25N3OS2/c1-24-17-19-26(20-18-24)23-29-31(36)34(27-13-7-3-8-14-27)32(37-29)35(28-15-9-4-10-16-28)33-30(38-32)22-21-25-11-5-2-6-12-25/h2-23H,1H3/b22-21+,29-23-. The van der Waals surface area contributed by atoms with Crippen LogP contribution in [0.1, 0.15) is 16.7 Å². The summed E-state index contributed by atoms with van der Waals surface area (Å²) < 4.78 is -0.854. The summed E-state index contributed by atoms with van der Waals surface area (Å²) in [5.74, 6) is -0.0429. The lowest BCUT2D eigenvalue weighted by Gasteiger charge is -2.38. The highest BCUT2D eigenvalue weighted by Crippen LogP contribution is 2.59. The van der Waals surface area contributed by atoms with E-state index >= 15 is 0 Å². The second-order valence-corrected chi connectivity index (χ2v) is 11.6. The van der Waals surface area contributed by atoms with Crippen molar-refractivity contribution < 1.29 is 4.79 Å². The minimum Gasteiger partial charge on any atom is -0.268 e. The lowest BCUT2D eigenvalue weighted by atomic mass is 10.1. The summed E-state index contributed by atoms with van der Waals surface area (Å²) in [7, 11) is 0. The van der Waals surface area contributed by atoms with E-state index in [0.717, 1.165) is 27.5 Å². The van der Waals surface area contributed by atoms with E-state index in [1.165, 1.54) is 17.3 Å². The number of carbonyl (C=O) groups excluding carboxylic acids is 1. The predicted octanol–water partition coefficient (Wildman–Crippen LogP) is 8.01. The number of carbonyl (C=O) groups is 1. The summed E-state index contributed by atoms with van der Waals surface area (Å²) in [5, 5.41) is 7.87. The predicted molar refractivity (Wildman–Crippen MR) is 163 cm³/mol. The highest BCUT2D eigenvalue weighted by Gasteiger charge is 2.58. The quantitative estimate of drug-likeness (QED) is 0.244.